The fourth-order valence-electron chi connectivity index (χ4n) is 2.43. The Bertz CT molecular complexity index is 877. The van der Waals surface area contributed by atoms with Gasteiger partial charge in [-0.25, -0.2) is 4.98 Å². The Kier molecular flexibility index (Phi) is 5.18. The molecular weight excluding hydrogens is 372 g/mol. The maximum Gasteiger partial charge on any atom is 0.262 e. The summed E-state index contributed by atoms with van der Waals surface area (Å²) in [6.07, 6.45) is 0.903. The average Bonchev–Trinajstić information content (AvgIpc) is 2.57. The summed E-state index contributed by atoms with van der Waals surface area (Å²) >= 11 is 5.04. The molecule has 3 nitrogen and oxygen atoms in total. The summed E-state index contributed by atoms with van der Waals surface area (Å²) in [6, 6.07) is 15.9. The van der Waals surface area contributed by atoms with Crippen molar-refractivity contribution in [2.24, 2.45) is 0 Å². The van der Waals surface area contributed by atoms with E-state index in [0.29, 0.717) is 11.9 Å². The lowest BCUT2D eigenvalue weighted by molar-refractivity contribution is 0.584. The second kappa shape index (κ2) is 7.32. The minimum atomic E-state index is 0.0358. The fourth-order valence-corrected chi connectivity index (χ4v) is 3.77. The third-order valence-electron chi connectivity index (χ3n) is 3.54. The third kappa shape index (κ3) is 3.67. The van der Waals surface area contributed by atoms with Crippen LogP contribution in [0.15, 0.2) is 63.0 Å². The Hall–Kier alpha value is -1.59. The topological polar surface area (TPSA) is 34.9 Å². The summed E-state index contributed by atoms with van der Waals surface area (Å²) < 4.78 is 2.69. The number of thioether (sulfide) groups is 1. The Morgan fingerprint density at radius 1 is 1.17 bits per heavy atom. The van der Waals surface area contributed by atoms with E-state index in [4.69, 9.17) is 4.98 Å². The van der Waals surface area contributed by atoms with Gasteiger partial charge in [0.25, 0.3) is 5.56 Å². The van der Waals surface area contributed by atoms with Gasteiger partial charge in [0.15, 0.2) is 5.16 Å². The molecule has 0 amide bonds. The van der Waals surface area contributed by atoms with Gasteiger partial charge in [-0.1, -0.05) is 64.9 Å². The Morgan fingerprint density at radius 2 is 1.96 bits per heavy atom. The molecule has 5 heteroatoms. The van der Waals surface area contributed by atoms with Gasteiger partial charge in [-0.2, -0.15) is 0 Å². The Balaban J connectivity index is 2.02. The molecular formula is C18H17BrN2OS. The summed E-state index contributed by atoms with van der Waals surface area (Å²) in [5, 5.41) is 1.45. The van der Waals surface area contributed by atoms with Gasteiger partial charge < -0.3 is 0 Å². The molecule has 3 rings (SSSR count). The standard InChI is InChI=1S/C18H17BrN2OS/c1-2-10-21-17(22)15-11-14(19)8-9-16(15)20-18(21)23-12-13-6-4-3-5-7-13/h3-9,11H,2,10,12H2,1H3. The fraction of sp³-hybridized carbons (Fsp3) is 0.222. The van der Waals surface area contributed by atoms with Crippen LogP contribution in [0.4, 0.5) is 0 Å². The van der Waals surface area contributed by atoms with Gasteiger partial charge in [-0.05, 0) is 30.2 Å². The maximum absolute atomic E-state index is 12.8. The van der Waals surface area contributed by atoms with Gasteiger partial charge in [-0.15, -0.1) is 0 Å². The highest BCUT2D eigenvalue weighted by Gasteiger charge is 2.11. The summed E-state index contributed by atoms with van der Waals surface area (Å²) in [5.74, 6) is 0.805. The molecule has 0 atom stereocenters. The van der Waals surface area contributed by atoms with Crippen LogP contribution in [0.5, 0.6) is 0 Å². The van der Waals surface area contributed by atoms with Crippen molar-refractivity contribution >= 4 is 38.6 Å². The molecule has 23 heavy (non-hydrogen) atoms. The Morgan fingerprint density at radius 3 is 2.70 bits per heavy atom. The predicted octanol–water partition coefficient (Wildman–Crippen LogP) is 4.86. The van der Waals surface area contributed by atoms with Crippen LogP contribution in [0.1, 0.15) is 18.9 Å². The van der Waals surface area contributed by atoms with Crippen LogP contribution in [-0.4, -0.2) is 9.55 Å². The van der Waals surface area contributed by atoms with Crippen molar-refractivity contribution in [1.29, 1.82) is 0 Å². The van der Waals surface area contributed by atoms with E-state index < -0.39 is 0 Å². The minimum absolute atomic E-state index is 0.0358. The van der Waals surface area contributed by atoms with Gasteiger partial charge in [-0.3, -0.25) is 9.36 Å². The zero-order valence-electron chi connectivity index (χ0n) is 12.8. The molecule has 118 valence electrons. The molecule has 0 saturated heterocycles. The lowest BCUT2D eigenvalue weighted by atomic mass is 10.2. The number of fused-ring (bicyclic) bond motifs is 1. The first-order chi connectivity index (χ1) is 11.2. The van der Waals surface area contributed by atoms with Crippen LogP contribution in [0, 0.1) is 0 Å². The molecule has 0 radical (unpaired) electrons. The molecule has 0 bridgehead atoms. The second-order valence-electron chi connectivity index (χ2n) is 5.29. The smallest absolute Gasteiger partial charge is 0.262 e. The lowest BCUT2D eigenvalue weighted by Crippen LogP contribution is -2.23. The van der Waals surface area contributed by atoms with Crippen molar-refractivity contribution < 1.29 is 0 Å². The van der Waals surface area contributed by atoms with E-state index in [-0.39, 0.29) is 5.56 Å². The van der Waals surface area contributed by atoms with Gasteiger partial charge in [0.05, 0.1) is 10.9 Å². The molecule has 1 aromatic heterocycles. The van der Waals surface area contributed by atoms with Crippen molar-refractivity contribution in [2.45, 2.75) is 30.8 Å². The molecule has 0 N–H and O–H groups in total. The van der Waals surface area contributed by atoms with E-state index in [2.05, 4.69) is 35.0 Å². The molecule has 0 aliphatic carbocycles. The zero-order chi connectivity index (χ0) is 16.2. The monoisotopic (exact) mass is 388 g/mol. The van der Waals surface area contributed by atoms with Crippen LogP contribution in [0.3, 0.4) is 0 Å². The number of aromatic nitrogens is 2. The van der Waals surface area contributed by atoms with Crippen molar-refractivity contribution in [3.8, 4) is 0 Å². The normalized spacial score (nSPS) is 11.0. The summed E-state index contributed by atoms with van der Waals surface area (Å²) in [6.45, 7) is 2.76. The van der Waals surface area contributed by atoms with Crippen LogP contribution < -0.4 is 5.56 Å². The second-order valence-corrected chi connectivity index (χ2v) is 7.15. The first-order valence-corrected chi connectivity index (χ1v) is 9.33. The van der Waals surface area contributed by atoms with Crippen molar-refractivity contribution in [3.63, 3.8) is 0 Å². The van der Waals surface area contributed by atoms with Gasteiger partial charge in [0.2, 0.25) is 0 Å². The van der Waals surface area contributed by atoms with E-state index in [1.807, 2.05) is 36.4 Å². The first-order valence-electron chi connectivity index (χ1n) is 7.56. The van der Waals surface area contributed by atoms with Gasteiger partial charge >= 0.3 is 0 Å². The molecule has 0 spiro atoms. The van der Waals surface area contributed by atoms with Gasteiger partial charge in [0, 0.05) is 16.8 Å². The highest BCUT2D eigenvalue weighted by Crippen LogP contribution is 2.23. The summed E-state index contributed by atoms with van der Waals surface area (Å²) in [5.41, 5.74) is 2.01. The van der Waals surface area contributed by atoms with Crippen LogP contribution in [0.2, 0.25) is 0 Å². The predicted molar refractivity (Wildman–Crippen MR) is 100.0 cm³/mol. The molecule has 0 aliphatic rings. The van der Waals surface area contributed by atoms with E-state index in [9.17, 15) is 4.79 Å². The SMILES string of the molecule is CCCn1c(SCc2ccccc2)nc2ccc(Br)cc2c1=O. The zero-order valence-corrected chi connectivity index (χ0v) is 15.2. The number of halogens is 1. The van der Waals surface area contributed by atoms with Crippen LogP contribution in [-0.2, 0) is 12.3 Å². The highest BCUT2D eigenvalue weighted by molar-refractivity contribution is 9.10. The molecule has 0 aliphatic heterocycles. The van der Waals surface area contributed by atoms with E-state index >= 15 is 0 Å². The molecule has 0 unspecified atom stereocenters. The van der Waals surface area contributed by atoms with E-state index in [1.165, 1.54) is 5.56 Å². The van der Waals surface area contributed by atoms with Crippen LogP contribution in [0.25, 0.3) is 10.9 Å². The molecule has 1 heterocycles. The third-order valence-corrected chi connectivity index (χ3v) is 5.08. The molecule has 3 aromatic rings. The number of hydrogen-bond donors (Lipinski definition) is 0. The molecule has 2 aromatic carbocycles. The van der Waals surface area contributed by atoms with Crippen LogP contribution >= 0.6 is 27.7 Å². The average molecular weight is 389 g/mol. The van der Waals surface area contributed by atoms with Crippen molar-refractivity contribution in [2.75, 3.05) is 0 Å². The molecule has 0 saturated carbocycles. The first kappa shape index (κ1) is 16.3. The highest BCUT2D eigenvalue weighted by atomic mass is 79.9. The van der Waals surface area contributed by atoms with Gasteiger partial charge in [0.1, 0.15) is 0 Å². The largest absolute Gasteiger partial charge is 0.287 e. The number of nitrogens with zero attached hydrogens (tertiary/aromatic N) is 2. The Labute approximate surface area is 147 Å². The van der Waals surface area contributed by atoms with Crippen molar-refractivity contribution in [3.05, 3.63) is 68.9 Å². The lowest BCUT2D eigenvalue weighted by Gasteiger charge is -2.12. The minimum Gasteiger partial charge on any atom is -0.287 e. The maximum atomic E-state index is 12.8. The number of benzene rings is 2. The van der Waals surface area contributed by atoms with E-state index in [0.717, 1.165) is 27.3 Å². The molecule has 0 fully saturated rings. The summed E-state index contributed by atoms with van der Waals surface area (Å²) in [7, 11) is 0. The quantitative estimate of drug-likeness (QED) is 0.462. The number of hydrogen-bond acceptors (Lipinski definition) is 3. The summed E-state index contributed by atoms with van der Waals surface area (Å²) in [4.78, 5) is 17.5. The van der Waals surface area contributed by atoms with Crippen molar-refractivity contribution in [1.82, 2.24) is 9.55 Å². The van der Waals surface area contributed by atoms with E-state index in [1.54, 1.807) is 16.3 Å². The number of rotatable bonds is 5.